The van der Waals surface area contributed by atoms with Gasteiger partial charge in [0.15, 0.2) is 0 Å². The minimum Gasteiger partial charge on any atom is -0.337 e. The number of hydrogen-bond donors (Lipinski definition) is 0. The standard InChI is InChI=1S/C20H21N5OS/c1-14-22-16(13-27-14)10-25-19-12-23(9-15-4-2-6-21-8-15)11-18(19)24-7-3-5-17(24)20(25)26/h2-8,13,18-19H,9-12H2,1H3. The maximum Gasteiger partial charge on any atom is 0.271 e. The fraction of sp³-hybridized carbons (Fsp3) is 0.350. The van der Waals surface area contributed by atoms with E-state index in [1.807, 2.05) is 42.4 Å². The smallest absolute Gasteiger partial charge is 0.271 e. The third-order valence-corrected chi connectivity index (χ3v) is 6.30. The molecule has 0 radical (unpaired) electrons. The van der Waals surface area contributed by atoms with Crippen LogP contribution in [0, 0.1) is 6.92 Å². The van der Waals surface area contributed by atoms with Gasteiger partial charge in [-0.25, -0.2) is 4.98 Å². The van der Waals surface area contributed by atoms with Gasteiger partial charge < -0.3 is 9.47 Å². The van der Waals surface area contributed by atoms with Gasteiger partial charge in [-0.3, -0.25) is 14.7 Å². The Labute approximate surface area is 162 Å². The minimum atomic E-state index is 0.107. The number of nitrogens with zero attached hydrogens (tertiary/aromatic N) is 5. The molecule has 2 aliphatic heterocycles. The van der Waals surface area contributed by atoms with E-state index in [9.17, 15) is 4.79 Å². The molecule has 0 N–H and O–H groups in total. The number of amides is 1. The maximum atomic E-state index is 13.1. The highest BCUT2D eigenvalue weighted by molar-refractivity contribution is 7.09. The molecule has 1 amide bonds. The van der Waals surface area contributed by atoms with Crippen LogP contribution in [0.15, 0.2) is 48.2 Å². The first kappa shape index (κ1) is 16.6. The Morgan fingerprint density at radius 3 is 2.85 bits per heavy atom. The van der Waals surface area contributed by atoms with Crippen molar-refractivity contribution in [2.24, 2.45) is 0 Å². The number of likely N-dealkylation sites (tertiary alicyclic amines) is 1. The normalized spacial score (nSPS) is 22.1. The number of pyridine rings is 1. The zero-order valence-corrected chi connectivity index (χ0v) is 16.0. The number of aryl methyl sites for hydroxylation is 1. The van der Waals surface area contributed by atoms with E-state index in [1.54, 1.807) is 17.5 Å². The van der Waals surface area contributed by atoms with E-state index >= 15 is 0 Å². The zero-order chi connectivity index (χ0) is 18.4. The van der Waals surface area contributed by atoms with Crippen LogP contribution in [-0.4, -0.2) is 49.4 Å². The van der Waals surface area contributed by atoms with Gasteiger partial charge in [0.25, 0.3) is 5.91 Å². The van der Waals surface area contributed by atoms with Crippen LogP contribution < -0.4 is 0 Å². The summed E-state index contributed by atoms with van der Waals surface area (Å²) >= 11 is 1.64. The van der Waals surface area contributed by atoms with Crippen LogP contribution in [0.1, 0.15) is 32.8 Å². The first-order valence-corrected chi connectivity index (χ1v) is 10.1. The number of carbonyl (C=O) groups is 1. The largest absolute Gasteiger partial charge is 0.337 e. The minimum absolute atomic E-state index is 0.107. The lowest BCUT2D eigenvalue weighted by Crippen LogP contribution is -2.49. The SMILES string of the molecule is Cc1nc(CN2C(=O)c3cccn3C3CN(Cc4cccnc4)CC32)cs1. The molecule has 27 heavy (non-hydrogen) atoms. The van der Waals surface area contributed by atoms with Gasteiger partial charge in [-0.05, 0) is 30.7 Å². The van der Waals surface area contributed by atoms with Crippen molar-refractivity contribution in [3.05, 3.63) is 70.2 Å². The lowest BCUT2D eigenvalue weighted by Gasteiger charge is -2.38. The molecule has 5 rings (SSSR count). The quantitative estimate of drug-likeness (QED) is 0.699. The van der Waals surface area contributed by atoms with Crippen LogP contribution >= 0.6 is 11.3 Å². The molecule has 2 aliphatic rings. The summed E-state index contributed by atoms with van der Waals surface area (Å²) in [6.07, 6.45) is 5.77. The van der Waals surface area contributed by atoms with Crippen molar-refractivity contribution in [3.8, 4) is 0 Å². The van der Waals surface area contributed by atoms with Crippen molar-refractivity contribution in [1.29, 1.82) is 0 Å². The topological polar surface area (TPSA) is 54.3 Å². The Bertz CT molecular complexity index is 966. The molecule has 0 aliphatic carbocycles. The highest BCUT2D eigenvalue weighted by Crippen LogP contribution is 2.35. The molecule has 0 saturated carbocycles. The highest BCUT2D eigenvalue weighted by Gasteiger charge is 2.44. The monoisotopic (exact) mass is 379 g/mol. The summed E-state index contributed by atoms with van der Waals surface area (Å²) in [6, 6.07) is 8.44. The van der Waals surface area contributed by atoms with Crippen molar-refractivity contribution >= 4 is 17.2 Å². The second kappa shape index (κ2) is 6.58. The number of rotatable bonds is 4. The average Bonchev–Trinajstić information content (AvgIpc) is 3.39. The van der Waals surface area contributed by atoms with Crippen molar-refractivity contribution < 1.29 is 4.79 Å². The van der Waals surface area contributed by atoms with E-state index in [-0.39, 0.29) is 18.0 Å². The maximum absolute atomic E-state index is 13.1. The van der Waals surface area contributed by atoms with Crippen LogP contribution in [0.2, 0.25) is 0 Å². The lowest BCUT2D eigenvalue weighted by atomic mass is 10.1. The van der Waals surface area contributed by atoms with Crippen LogP contribution in [0.5, 0.6) is 0 Å². The van der Waals surface area contributed by atoms with Gasteiger partial charge in [-0.2, -0.15) is 0 Å². The lowest BCUT2D eigenvalue weighted by molar-refractivity contribution is 0.0553. The predicted octanol–water partition coefficient (Wildman–Crippen LogP) is 2.73. The summed E-state index contributed by atoms with van der Waals surface area (Å²) in [5.41, 5.74) is 2.97. The molecule has 3 aromatic heterocycles. The average molecular weight is 379 g/mol. The van der Waals surface area contributed by atoms with Gasteiger partial charge in [0, 0.05) is 43.6 Å². The number of fused-ring (bicyclic) bond motifs is 3. The summed E-state index contributed by atoms with van der Waals surface area (Å²) in [4.78, 5) is 26.4. The zero-order valence-electron chi connectivity index (χ0n) is 15.2. The molecule has 7 heteroatoms. The Morgan fingerprint density at radius 1 is 1.19 bits per heavy atom. The second-order valence-corrected chi connectivity index (χ2v) is 8.34. The van der Waals surface area contributed by atoms with Gasteiger partial charge in [0.1, 0.15) is 5.69 Å². The molecule has 5 heterocycles. The number of aromatic nitrogens is 3. The van der Waals surface area contributed by atoms with Crippen molar-refractivity contribution in [1.82, 2.24) is 24.3 Å². The van der Waals surface area contributed by atoms with E-state index < -0.39 is 0 Å². The van der Waals surface area contributed by atoms with Crippen molar-refractivity contribution in [2.45, 2.75) is 32.1 Å². The Kier molecular flexibility index (Phi) is 4.06. The molecule has 6 nitrogen and oxygen atoms in total. The predicted molar refractivity (Wildman–Crippen MR) is 103 cm³/mol. The van der Waals surface area contributed by atoms with Gasteiger partial charge in [0.2, 0.25) is 0 Å². The van der Waals surface area contributed by atoms with Gasteiger partial charge in [0.05, 0.1) is 29.3 Å². The molecular formula is C20H21N5OS. The first-order valence-electron chi connectivity index (χ1n) is 9.19. The summed E-state index contributed by atoms with van der Waals surface area (Å²) in [5, 5.41) is 3.10. The molecule has 1 saturated heterocycles. The Hall–Kier alpha value is -2.51. The first-order chi connectivity index (χ1) is 13.2. The Morgan fingerprint density at radius 2 is 2.07 bits per heavy atom. The summed E-state index contributed by atoms with van der Waals surface area (Å²) < 4.78 is 2.17. The molecule has 3 aromatic rings. The third kappa shape index (κ3) is 2.96. The van der Waals surface area contributed by atoms with E-state index in [4.69, 9.17) is 0 Å². The fourth-order valence-corrected chi connectivity index (χ4v) is 4.92. The van der Waals surface area contributed by atoms with Crippen LogP contribution in [0.4, 0.5) is 0 Å². The van der Waals surface area contributed by atoms with Crippen molar-refractivity contribution in [3.63, 3.8) is 0 Å². The molecule has 2 unspecified atom stereocenters. The third-order valence-electron chi connectivity index (χ3n) is 5.48. The van der Waals surface area contributed by atoms with Crippen LogP contribution in [0.25, 0.3) is 0 Å². The molecule has 2 atom stereocenters. The van der Waals surface area contributed by atoms with E-state index in [0.717, 1.165) is 36.0 Å². The molecule has 0 bridgehead atoms. The van der Waals surface area contributed by atoms with Crippen LogP contribution in [-0.2, 0) is 13.1 Å². The van der Waals surface area contributed by atoms with Crippen molar-refractivity contribution in [2.75, 3.05) is 13.1 Å². The Balaban J connectivity index is 1.43. The molecule has 1 fully saturated rings. The summed E-state index contributed by atoms with van der Waals surface area (Å²) in [6.45, 7) is 5.24. The van der Waals surface area contributed by atoms with Gasteiger partial charge >= 0.3 is 0 Å². The van der Waals surface area contributed by atoms with Crippen LogP contribution in [0.3, 0.4) is 0 Å². The molecule has 0 spiro atoms. The molecule has 138 valence electrons. The summed E-state index contributed by atoms with van der Waals surface area (Å²) in [5.74, 6) is 0.107. The number of carbonyl (C=O) groups excluding carboxylic acids is 1. The molecular weight excluding hydrogens is 358 g/mol. The number of thiazole rings is 1. The fourth-order valence-electron chi connectivity index (χ4n) is 4.31. The van der Waals surface area contributed by atoms with E-state index in [0.29, 0.717) is 6.54 Å². The van der Waals surface area contributed by atoms with E-state index in [2.05, 4.69) is 30.9 Å². The second-order valence-electron chi connectivity index (χ2n) is 7.28. The molecule has 0 aromatic carbocycles. The summed E-state index contributed by atoms with van der Waals surface area (Å²) in [7, 11) is 0. The van der Waals surface area contributed by atoms with Gasteiger partial charge in [-0.15, -0.1) is 11.3 Å². The van der Waals surface area contributed by atoms with E-state index in [1.165, 1.54) is 5.56 Å². The van der Waals surface area contributed by atoms with Gasteiger partial charge in [-0.1, -0.05) is 6.07 Å². The highest BCUT2D eigenvalue weighted by atomic mass is 32.1. The number of hydrogen-bond acceptors (Lipinski definition) is 5.